The Morgan fingerprint density at radius 1 is 1.42 bits per heavy atom. The van der Waals surface area contributed by atoms with Crippen LogP contribution < -0.4 is 18.9 Å². The van der Waals surface area contributed by atoms with Crippen LogP contribution in [-0.4, -0.2) is 10.2 Å². The van der Waals surface area contributed by atoms with Crippen LogP contribution in [-0.2, 0) is 0 Å². The molecule has 1 aromatic rings. The summed E-state index contributed by atoms with van der Waals surface area (Å²) in [6.07, 6.45) is 4.36. The first-order valence-electron chi connectivity index (χ1n) is 3.78. The predicted molar refractivity (Wildman–Crippen MR) is 49.8 cm³/mol. The van der Waals surface area contributed by atoms with Gasteiger partial charge in [-0.1, -0.05) is 30.4 Å². The third-order valence-electron chi connectivity index (χ3n) is 2.15. The molecule has 12 heavy (non-hydrogen) atoms. The normalized spacial score (nSPS) is 18.7. The molecule has 2 rings (SSSR count). The summed E-state index contributed by atoms with van der Waals surface area (Å²) in [5, 5.41) is 0. The van der Waals surface area contributed by atoms with Crippen LogP contribution in [0.2, 0.25) is 0 Å². The summed E-state index contributed by atoms with van der Waals surface area (Å²) in [5.41, 5.74) is 4.55. The van der Waals surface area contributed by atoms with Crippen molar-refractivity contribution in [3.05, 3.63) is 41.0 Å². The number of hydrogen-bond donors (Lipinski definition) is 0. The molecule has 0 bridgehead atoms. The second-order valence-electron chi connectivity index (χ2n) is 2.91. The smallest absolute Gasteiger partial charge is 1.00 e. The number of aryl methyl sites for hydroxylation is 1. The van der Waals surface area contributed by atoms with Crippen LogP contribution in [0.4, 0.5) is 0 Å². The minimum Gasteiger partial charge on any atom is -1.00 e. The molecule has 1 aromatic carbocycles. The Labute approximate surface area is 90.1 Å². The van der Waals surface area contributed by atoms with Crippen molar-refractivity contribution in [1.82, 2.24) is 0 Å². The molecule has 55 valence electrons. The molecule has 1 aliphatic carbocycles. The van der Waals surface area contributed by atoms with E-state index in [1.165, 1.54) is 16.7 Å². The van der Waals surface area contributed by atoms with Crippen LogP contribution in [0, 0.1) is 6.92 Å². The molecule has 0 amide bonds. The van der Waals surface area contributed by atoms with Crippen molar-refractivity contribution >= 4 is 16.3 Å². The largest absolute Gasteiger partial charge is 1.00 e. The van der Waals surface area contributed by atoms with Gasteiger partial charge in [0.1, 0.15) is 0 Å². The molecule has 1 aliphatic rings. The Kier molecular flexibility index (Phi) is 3.01. The number of fused-ring (bicyclic) bond motifs is 1. The molecule has 0 saturated heterocycles. The predicted octanol–water partition coefficient (Wildman–Crippen LogP) is -0.652. The summed E-state index contributed by atoms with van der Waals surface area (Å²) in [6.45, 7) is 2.15. The zero-order valence-electron chi connectivity index (χ0n) is 8.46. The summed E-state index contributed by atoms with van der Waals surface area (Å²) >= 11 is 0. The second-order valence-corrected chi connectivity index (χ2v) is 3.54. The van der Waals surface area contributed by atoms with Gasteiger partial charge in [-0.05, 0) is 29.2 Å². The Morgan fingerprint density at radius 2 is 2.17 bits per heavy atom. The fourth-order valence-corrected chi connectivity index (χ4v) is 1.85. The van der Waals surface area contributed by atoms with E-state index in [0.717, 1.165) is 0 Å². The van der Waals surface area contributed by atoms with Crippen LogP contribution in [0.15, 0.2) is 24.3 Å². The second kappa shape index (κ2) is 3.66. The summed E-state index contributed by atoms with van der Waals surface area (Å²) in [7, 11) is 3.63. The Bertz CT molecular complexity index is 323. The van der Waals surface area contributed by atoms with E-state index in [-0.39, 0.29) is 20.3 Å². The van der Waals surface area contributed by atoms with Crippen LogP contribution in [0.3, 0.4) is 0 Å². The molecule has 3 radical (unpaired) electrons. The summed E-state index contributed by atoms with van der Waals surface area (Å²) in [5.74, 6) is 0. The van der Waals surface area contributed by atoms with Gasteiger partial charge in [0.2, 0.25) is 0 Å². The molecule has 0 aliphatic heterocycles. The van der Waals surface area contributed by atoms with E-state index in [9.17, 15) is 0 Å². The van der Waals surface area contributed by atoms with Gasteiger partial charge in [-0.15, -0.1) is 0 Å². The van der Waals surface area contributed by atoms with E-state index in [1.807, 2.05) is 0 Å². The first-order chi connectivity index (χ1) is 5.29. The molecular weight excluding hydrogens is 155 g/mol. The molecule has 0 fully saturated rings. The van der Waals surface area contributed by atoms with Crippen LogP contribution in [0.5, 0.6) is 0 Å². The third-order valence-corrected chi connectivity index (χ3v) is 2.65. The van der Waals surface area contributed by atoms with E-state index in [2.05, 4.69) is 47.5 Å². The number of rotatable bonds is 0. The maximum atomic E-state index is 3.63. The SMILES string of the molecule is Cc1cccc2c1C=CC2[Si].[H-].[Li+]. The maximum absolute atomic E-state index is 3.63. The van der Waals surface area contributed by atoms with Crippen molar-refractivity contribution in [2.45, 2.75) is 12.5 Å². The van der Waals surface area contributed by atoms with Gasteiger partial charge in [0.15, 0.2) is 0 Å². The van der Waals surface area contributed by atoms with Crippen molar-refractivity contribution in [3.63, 3.8) is 0 Å². The zero-order valence-corrected chi connectivity index (χ0v) is 8.46. The molecule has 0 nitrogen and oxygen atoms in total. The van der Waals surface area contributed by atoms with Crippen molar-refractivity contribution in [2.75, 3.05) is 0 Å². The minimum atomic E-state index is 0. The van der Waals surface area contributed by atoms with Gasteiger partial charge in [-0.2, -0.15) is 0 Å². The molecule has 2 heteroatoms. The van der Waals surface area contributed by atoms with Crippen molar-refractivity contribution in [2.24, 2.45) is 0 Å². The first-order valence-corrected chi connectivity index (χ1v) is 4.35. The van der Waals surface area contributed by atoms with Crippen molar-refractivity contribution in [1.29, 1.82) is 0 Å². The van der Waals surface area contributed by atoms with Crippen LogP contribution in [0.25, 0.3) is 6.08 Å². The third kappa shape index (κ3) is 1.45. The zero-order chi connectivity index (χ0) is 7.84. The standard InChI is InChI=1S/C10H9Si.Li.H/c1-7-3-2-4-9-8(7)5-6-10(9)11;;/h2-6,10H,1H3;;/q;+1;-1. The Hall–Kier alpha value is -0.226. The molecule has 0 heterocycles. The molecule has 1 atom stereocenters. The molecule has 0 N–H and O–H groups in total. The van der Waals surface area contributed by atoms with Gasteiger partial charge in [0.25, 0.3) is 0 Å². The van der Waals surface area contributed by atoms with Gasteiger partial charge < -0.3 is 1.43 Å². The van der Waals surface area contributed by atoms with Gasteiger partial charge in [-0.25, -0.2) is 0 Å². The minimum absolute atomic E-state index is 0. The Morgan fingerprint density at radius 3 is 2.83 bits per heavy atom. The van der Waals surface area contributed by atoms with Gasteiger partial charge in [0, 0.05) is 10.2 Å². The van der Waals surface area contributed by atoms with Crippen molar-refractivity contribution in [3.8, 4) is 0 Å². The van der Waals surface area contributed by atoms with E-state index >= 15 is 0 Å². The first kappa shape index (κ1) is 9.86. The number of hydrogen-bond acceptors (Lipinski definition) is 0. The number of benzene rings is 1. The molecular formula is C10H10LiSi. The summed E-state index contributed by atoms with van der Waals surface area (Å²) in [4.78, 5) is 0. The monoisotopic (exact) mass is 165 g/mol. The van der Waals surface area contributed by atoms with E-state index < -0.39 is 0 Å². The molecule has 0 spiro atoms. The topological polar surface area (TPSA) is 0 Å². The van der Waals surface area contributed by atoms with Crippen LogP contribution in [0.1, 0.15) is 23.7 Å². The molecule has 0 saturated carbocycles. The van der Waals surface area contributed by atoms with E-state index in [1.54, 1.807) is 0 Å². The summed E-state index contributed by atoms with van der Waals surface area (Å²) < 4.78 is 0. The summed E-state index contributed by atoms with van der Waals surface area (Å²) in [6, 6.07) is 6.42. The van der Waals surface area contributed by atoms with Gasteiger partial charge >= 0.3 is 18.9 Å². The maximum Gasteiger partial charge on any atom is 1.00 e. The molecule has 1 unspecified atom stereocenters. The van der Waals surface area contributed by atoms with Gasteiger partial charge in [0.05, 0.1) is 0 Å². The average molecular weight is 165 g/mol. The van der Waals surface area contributed by atoms with E-state index in [4.69, 9.17) is 0 Å². The fraction of sp³-hybridized carbons (Fsp3) is 0.200. The average Bonchev–Trinajstić information content (AvgIpc) is 2.35. The van der Waals surface area contributed by atoms with Gasteiger partial charge in [-0.3, -0.25) is 0 Å². The fourth-order valence-electron chi connectivity index (χ4n) is 1.50. The number of allylic oxidation sites excluding steroid dienone is 1. The quantitative estimate of drug-likeness (QED) is 0.448. The molecule has 0 aromatic heterocycles. The van der Waals surface area contributed by atoms with E-state index in [0.29, 0.717) is 5.54 Å². The van der Waals surface area contributed by atoms with Crippen LogP contribution >= 0.6 is 0 Å². The van der Waals surface area contributed by atoms with Crippen molar-refractivity contribution < 1.29 is 20.3 Å². The Balaban J connectivity index is 0.000000720.